The van der Waals surface area contributed by atoms with E-state index in [1.54, 1.807) is 0 Å². The molecule has 480 valence electrons. The molecule has 0 heterocycles. The van der Waals surface area contributed by atoms with Crippen molar-refractivity contribution in [2.75, 3.05) is 47.5 Å². The fraction of sp³-hybridized carbons (Fsp3) is 0.676. The molecule has 0 aliphatic carbocycles. The first kappa shape index (κ1) is 80.2. The van der Waals surface area contributed by atoms with Gasteiger partial charge in [-0.05, 0) is 109 Å². The third-order valence-electron chi connectivity index (χ3n) is 14.2. The molecule has 9 nitrogen and oxygen atoms in total. The van der Waals surface area contributed by atoms with Gasteiger partial charge in [-0.2, -0.15) is 0 Å². The molecule has 0 saturated heterocycles. The van der Waals surface area contributed by atoms with E-state index in [0.29, 0.717) is 23.9 Å². The van der Waals surface area contributed by atoms with E-state index in [0.717, 1.165) is 109 Å². The Morgan fingerprint density at radius 2 is 0.643 bits per heavy atom. The van der Waals surface area contributed by atoms with Crippen LogP contribution in [-0.4, -0.2) is 70.0 Å². The summed E-state index contributed by atoms with van der Waals surface area (Å²) in [5.74, 6) is -0.870. The van der Waals surface area contributed by atoms with Crippen molar-refractivity contribution in [1.82, 2.24) is 0 Å². The predicted octanol–water partition coefficient (Wildman–Crippen LogP) is 21.4. The number of nitrogens with zero attached hydrogens (tertiary/aromatic N) is 1. The Labute approximate surface area is 517 Å². The number of esters is 2. The van der Waals surface area contributed by atoms with Crippen LogP contribution in [0, 0.1) is 0 Å². The number of carbonyl (C=O) groups excluding carboxylic acids is 2. The number of allylic oxidation sites excluding steroid dienone is 22. The Kier molecular flexibility index (Phi) is 60.7. The molecule has 0 amide bonds. The van der Waals surface area contributed by atoms with Gasteiger partial charge in [0.1, 0.15) is 19.8 Å². The molecule has 0 aliphatic rings. The van der Waals surface area contributed by atoms with Crippen LogP contribution in [0.15, 0.2) is 134 Å². The van der Waals surface area contributed by atoms with Crippen LogP contribution in [-0.2, 0) is 32.7 Å². The summed E-state index contributed by atoms with van der Waals surface area (Å²) in [5, 5.41) is 0. The number of ether oxygens (including phenoxy) is 2. The standard InChI is InChI=1S/C74H126NO8P/c1-6-8-10-12-14-16-18-20-22-24-26-27-28-29-30-31-32-33-34-35-36-37-38-39-40-41-42-43-44-45-46-47-49-51-53-55-57-59-61-63-65-67-74(77)83-72(71-82-84(78,79)81-69-68-75(3,4)5)70-80-73(76)66-64-62-60-58-56-54-52-50-48-25-23-21-19-17-15-13-11-9-7-2/h8-11,14-17,20-23,26-27,29-30,32-33,48,50,54,56,72H,6-7,12-13,18-19,24-25,28,31,34-47,49,51-53,55,57-71H2,1-5H3/b10-8-,11-9-,16-14-,17-15-,22-20-,23-21-,27-26-,30-29-,33-32-,50-48-,56-54-. The lowest BCUT2D eigenvalue weighted by Crippen LogP contribution is -2.37. The second-order valence-electron chi connectivity index (χ2n) is 23.4. The minimum atomic E-state index is -4.65. The lowest BCUT2D eigenvalue weighted by Gasteiger charge is -2.28. The molecule has 0 aliphatic heterocycles. The Hall–Kier alpha value is -3.85. The molecule has 0 aromatic carbocycles. The first-order chi connectivity index (χ1) is 41.0. The number of hydrogen-bond donors (Lipinski definition) is 0. The monoisotopic (exact) mass is 1190 g/mol. The summed E-state index contributed by atoms with van der Waals surface area (Å²) >= 11 is 0. The van der Waals surface area contributed by atoms with Gasteiger partial charge in [0.2, 0.25) is 0 Å². The van der Waals surface area contributed by atoms with Crippen LogP contribution in [0.4, 0.5) is 0 Å². The number of likely N-dealkylation sites (N-methyl/N-ethyl adjacent to an activating group) is 1. The molecular formula is C74H126NO8P. The van der Waals surface area contributed by atoms with Gasteiger partial charge in [-0.1, -0.05) is 282 Å². The number of hydrogen-bond acceptors (Lipinski definition) is 8. The van der Waals surface area contributed by atoms with Crippen LogP contribution in [0.1, 0.15) is 271 Å². The quantitative estimate of drug-likeness (QED) is 0.0195. The lowest BCUT2D eigenvalue weighted by atomic mass is 10.0. The van der Waals surface area contributed by atoms with Crippen molar-refractivity contribution in [1.29, 1.82) is 0 Å². The van der Waals surface area contributed by atoms with E-state index in [2.05, 4.69) is 148 Å². The van der Waals surface area contributed by atoms with Gasteiger partial charge >= 0.3 is 11.9 Å². The zero-order valence-corrected chi connectivity index (χ0v) is 55.4. The Morgan fingerprint density at radius 1 is 0.369 bits per heavy atom. The number of quaternary nitrogens is 1. The zero-order valence-electron chi connectivity index (χ0n) is 54.6. The van der Waals surface area contributed by atoms with Crippen molar-refractivity contribution in [3.05, 3.63) is 134 Å². The van der Waals surface area contributed by atoms with Crippen molar-refractivity contribution < 1.29 is 42.1 Å². The van der Waals surface area contributed by atoms with Gasteiger partial charge in [0.15, 0.2) is 6.10 Å². The van der Waals surface area contributed by atoms with Crippen LogP contribution in [0.2, 0.25) is 0 Å². The van der Waals surface area contributed by atoms with E-state index in [1.807, 2.05) is 21.1 Å². The van der Waals surface area contributed by atoms with Gasteiger partial charge in [-0.3, -0.25) is 14.2 Å². The Morgan fingerprint density at radius 3 is 0.964 bits per heavy atom. The fourth-order valence-corrected chi connectivity index (χ4v) is 9.77. The van der Waals surface area contributed by atoms with Gasteiger partial charge < -0.3 is 27.9 Å². The molecule has 0 aromatic rings. The fourth-order valence-electron chi connectivity index (χ4n) is 9.04. The van der Waals surface area contributed by atoms with Crippen molar-refractivity contribution in [3.63, 3.8) is 0 Å². The number of phosphoric ester groups is 1. The first-order valence-corrected chi connectivity index (χ1v) is 35.4. The molecule has 0 spiro atoms. The predicted molar refractivity (Wildman–Crippen MR) is 360 cm³/mol. The molecule has 2 atom stereocenters. The molecular weight excluding hydrogens is 1060 g/mol. The molecule has 0 bridgehead atoms. The Bertz CT molecular complexity index is 1880. The topological polar surface area (TPSA) is 111 Å². The van der Waals surface area contributed by atoms with Crippen LogP contribution in [0.5, 0.6) is 0 Å². The third-order valence-corrected chi connectivity index (χ3v) is 15.1. The molecule has 0 saturated carbocycles. The molecule has 0 aromatic heterocycles. The Balaban J connectivity index is 3.99. The van der Waals surface area contributed by atoms with Crippen LogP contribution < -0.4 is 4.89 Å². The largest absolute Gasteiger partial charge is 0.756 e. The van der Waals surface area contributed by atoms with Crippen molar-refractivity contribution in [3.8, 4) is 0 Å². The second kappa shape index (κ2) is 63.6. The maximum absolute atomic E-state index is 12.8. The minimum absolute atomic E-state index is 0.0408. The third kappa shape index (κ3) is 67.3. The number of rotatable bonds is 61. The smallest absolute Gasteiger partial charge is 0.306 e. The second-order valence-corrected chi connectivity index (χ2v) is 24.8. The van der Waals surface area contributed by atoms with Crippen LogP contribution in [0.25, 0.3) is 0 Å². The van der Waals surface area contributed by atoms with Crippen molar-refractivity contribution in [2.24, 2.45) is 0 Å². The maximum Gasteiger partial charge on any atom is 0.306 e. The van der Waals surface area contributed by atoms with Gasteiger partial charge in [-0.25, -0.2) is 0 Å². The van der Waals surface area contributed by atoms with E-state index >= 15 is 0 Å². The molecule has 10 heteroatoms. The highest BCUT2D eigenvalue weighted by atomic mass is 31.2. The summed E-state index contributed by atoms with van der Waals surface area (Å²) in [5.41, 5.74) is 0. The summed E-state index contributed by atoms with van der Waals surface area (Å²) in [6.07, 6.45) is 92.6. The number of unbranched alkanes of at least 4 members (excludes halogenated alkanes) is 25. The zero-order chi connectivity index (χ0) is 61.2. The highest BCUT2D eigenvalue weighted by Gasteiger charge is 2.22. The summed E-state index contributed by atoms with van der Waals surface area (Å²) in [7, 11) is 1.14. The maximum atomic E-state index is 12.8. The molecule has 0 radical (unpaired) electrons. The summed E-state index contributed by atoms with van der Waals surface area (Å²) in [4.78, 5) is 38.0. The minimum Gasteiger partial charge on any atom is -0.756 e. The lowest BCUT2D eigenvalue weighted by molar-refractivity contribution is -0.870. The molecule has 0 N–H and O–H groups in total. The van der Waals surface area contributed by atoms with Gasteiger partial charge in [0, 0.05) is 12.8 Å². The summed E-state index contributed by atoms with van der Waals surface area (Å²) < 4.78 is 34.2. The first-order valence-electron chi connectivity index (χ1n) is 33.9. The molecule has 0 rings (SSSR count). The SMILES string of the molecule is CC/C=C\C/C=C\C/C=C\C/C=C\C/C=C\C/C=C\CCCCCCCCCCCCCCCCCCCCCCCCC(=O)OC(COC(=O)CCCCC/C=C\C/C=C\C/C=C\C/C=C\C/C=C\CC)COP(=O)([O-])OCC[N+](C)(C)C. The molecule has 84 heavy (non-hydrogen) atoms. The average molecular weight is 1190 g/mol. The van der Waals surface area contributed by atoms with Crippen molar-refractivity contribution >= 4 is 19.8 Å². The summed E-state index contributed by atoms with van der Waals surface area (Å²) in [6.45, 7) is 3.98. The normalized spacial score (nSPS) is 14.0. The van der Waals surface area contributed by atoms with E-state index in [4.69, 9.17) is 18.5 Å². The number of phosphoric acid groups is 1. The highest BCUT2D eigenvalue weighted by Crippen LogP contribution is 2.38. The van der Waals surface area contributed by atoms with Gasteiger partial charge in [0.05, 0.1) is 27.7 Å². The van der Waals surface area contributed by atoms with Crippen LogP contribution >= 0.6 is 7.82 Å². The summed E-state index contributed by atoms with van der Waals surface area (Å²) in [6, 6.07) is 0. The van der Waals surface area contributed by atoms with E-state index < -0.39 is 32.5 Å². The van der Waals surface area contributed by atoms with Gasteiger partial charge in [0.25, 0.3) is 7.82 Å². The molecule has 0 fully saturated rings. The van der Waals surface area contributed by atoms with Gasteiger partial charge in [-0.15, -0.1) is 0 Å². The van der Waals surface area contributed by atoms with E-state index in [9.17, 15) is 19.0 Å². The average Bonchev–Trinajstić information content (AvgIpc) is 3.61. The number of carbonyl (C=O) groups is 2. The molecule has 2 unspecified atom stereocenters. The highest BCUT2D eigenvalue weighted by molar-refractivity contribution is 7.45. The van der Waals surface area contributed by atoms with Crippen LogP contribution in [0.3, 0.4) is 0 Å². The van der Waals surface area contributed by atoms with E-state index in [-0.39, 0.29) is 26.1 Å². The van der Waals surface area contributed by atoms with E-state index in [1.165, 1.54) is 122 Å². The van der Waals surface area contributed by atoms with Crippen molar-refractivity contribution in [2.45, 2.75) is 277 Å².